The van der Waals surface area contributed by atoms with Gasteiger partial charge in [0.25, 0.3) is 0 Å². The quantitative estimate of drug-likeness (QED) is 0.701. The van der Waals surface area contributed by atoms with E-state index in [1.807, 2.05) is 11.0 Å². The van der Waals surface area contributed by atoms with Gasteiger partial charge in [0.15, 0.2) is 0 Å². The molecule has 1 atom stereocenters. The summed E-state index contributed by atoms with van der Waals surface area (Å²) in [6, 6.07) is 0.912. The largest absolute Gasteiger partial charge is 0.343 e. The van der Waals surface area contributed by atoms with Crippen molar-refractivity contribution >= 4 is 5.91 Å². The first kappa shape index (κ1) is 15.2. The summed E-state index contributed by atoms with van der Waals surface area (Å²) in [7, 11) is 0. The lowest BCUT2D eigenvalue weighted by Crippen LogP contribution is -2.43. The Morgan fingerprint density at radius 2 is 2.11 bits per heavy atom. The maximum absolute atomic E-state index is 12.0. The van der Waals surface area contributed by atoms with E-state index in [1.165, 1.54) is 0 Å². The minimum Gasteiger partial charge on any atom is -0.343 e. The molecule has 0 saturated carbocycles. The molecule has 1 saturated heterocycles. The molecule has 1 heterocycles. The second-order valence-corrected chi connectivity index (χ2v) is 5.42. The van der Waals surface area contributed by atoms with Crippen LogP contribution in [0.15, 0.2) is 12.7 Å². The van der Waals surface area contributed by atoms with E-state index in [-0.39, 0.29) is 18.0 Å². The second-order valence-electron chi connectivity index (χ2n) is 5.42. The van der Waals surface area contributed by atoms with Crippen molar-refractivity contribution in [2.45, 2.75) is 57.7 Å². The van der Waals surface area contributed by atoms with Crippen LogP contribution in [0.3, 0.4) is 0 Å². The highest BCUT2D eigenvalue weighted by molar-refractivity contribution is 5.76. The van der Waals surface area contributed by atoms with Crippen LogP contribution in [0.4, 0.5) is 0 Å². The third kappa shape index (κ3) is 5.19. The highest BCUT2D eigenvalue weighted by Gasteiger charge is 2.20. The SMILES string of the molecule is C=CC(CCC(=O)N1CCC(N)CC1)NC(C)C. The molecule has 1 unspecified atom stereocenters. The van der Waals surface area contributed by atoms with E-state index in [4.69, 9.17) is 5.73 Å². The molecule has 0 aromatic carbocycles. The summed E-state index contributed by atoms with van der Waals surface area (Å²) >= 11 is 0. The van der Waals surface area contributed by atoms with Crippen molar-refractivity contribution in [2.75, 3.05) is 13.1 Å². The molecule has 18 heavy (non-hydrogen) atoms. The van der Waals surface area contributed by atoms with E-state index >= 15 is 0 Å². The van der Waals surface area contributed by atoms with E-state index < -0.39 is 0 Å². The highest BCUT2D eigenvalue weighted by Crippen LogP contribution is 2.11. The molecule has 0 spiro atoms. The van der Waals surface area contributed by atoms with Crippen LogP contribution in [0.1, 0.15) is 39.5 Å². The van der Waals surface area contributed by atoms with Crippen molar-refractivity contribution in [3.8, 4) is 0 Å². The number of hydrogen-bond donors (Lipinski definition) is 2. The van der Waals surface area contributed by atoms with Crippen molar-refractivity contribution in [3.05, 3.63) is 12.7 Å². The molecule has 104 valence electrons. The van der Waals surface area contributed by atoms with Crippen LogP contribution in [0.5, 0.6) is 0 Å². The smallest absolute Gasteiger partial charge is 0.222 e. The summed E-state index contributed by atoms with van der Waals surface area (Å²) < 4.78 is 0. The predicted molar refractivity (Wildman–Crippen MR) is 75.3 cm³/mol. The van der Waals surface area contributed by atoms with Gasteiger partial charge in [0, 0.05) is 37.6 Å². The fourth-order valence-electron chi connectivity index (χ4n) is 2.28. The minimum absolute atomic E-state index is 0.223. The Morgan fingerprint density at radius 3 is 2.61 bits per heavy atom. The average molecular weight is 253 g/mol. The molecular formula is C14H27N3O. The molecule has 0 aromatic heterocycles. The first-order valence-electron chi connectivity index (χ1n) is 6.95. The van der Waals surface area contributed by atoms with Gasteiger partial charge in [-0.1, -0.05) is 19.9 Å². The van der Waals surface area contributed by atoms with Crippen molar-refractivity contribution in [2.24, 2.45) is 5.73 Å². The zero-order valence-electron chi connectivity index (χ0n) is 11.7. The van der Waals surface area contributed by atoms with Gasteiger partial charge in [0.1, 0.15) is 0 Å². The summed E-state index contributed by atoms with van der Waals surface area (Å²) in [4.78, 5) is 14.0. The fraction of sp³-hybridized carbons (Fsp3) is 0.786. The van der Waals surface area contributed by atoms with Crippen molar-refractivity contribution in [1.29, 1.82) is 0 Å². The molecule has 1 aliphatic rings. The second kappa shape index (κ2) is 7.54. The molecule has 3 N–H and O–H groups in total. The van der Waals surface area contributed by atoms with Gasteiger partial charge < -0.3 is 16.0 Å². The Bertz CT molecular complexity index is 270. The Labute approximate surface area is 111 Å². The molecule has 1 fully saturated rings. The summed E-state index contributed by atoms with van der Waals surface area (Å²) in [5.41, 5.74) is 5.83. The Balaban J connectivity index is 2.29. The van der Waals surface area contributed by atoms with Gasteiger partial charge in [-0.05, 0) is 19.3 Å². The number of nitrogens with two attached hydrogens (primary N) is 1. The lowest BCUT2D eigenvalue weighted by Gasteiger charge is -2.30. The molecule has 4 heteroatoms. The Hall–Kier alpha value is -0.870. The van der Waals surface area contributed by atoms with Crippen molar-refractivity contribution in [3.63, 3.8) is 0 Å². The summed E-state index contributed by atoms with van der Waals surface area (Å²) in [6.45, 7) is 9.65. The third-order valence-corrected chi connectivity index (χ3v) is 3.39. The molecule has 0 bridgehead atoms. The van der Waals surface area contributed by atoms with Crippen LogP contribution in [0, 0.1) is 0 Å². The first-order chi connectivity index (χ1) is 8.52. The number of nitrogens with zero attached hydrogens (tertiary/aromatic N) is 1. The number of nitrogens with one attached hydrogen (secondary N) is 1. The van der Waals surface area contributed by atoms with Gasteiger partial charge in [-0.2, -0.15) is 0 Å². The average Bonchev–Trinajstić information content (AvgIpc) is 2.34. The van der Waals surface area contributed by atoms with Gasteiger partial charge in [-0.15, -0.1) is 6.58 Å². The van der Waals surface area contributed by atoms with Crippen LogP contribution >= 0.6 is 0 Å². The van der Waals surface area contributed by atoms with Crippen LogP contribution < -0.4 is 11.1 Å². The zero-order chi connectivity index (χ0) is 13.5. The molecule has 1 amide bonds. The zero-order valence-corrected chi connectivity index (χ0v) is 11.7. The Kier molecular flexibility index (Phi) is 6.36. The van der Waals surface area contributed by atoms with E-state index in [1.54, 1.807) is 0 Å². The van der Waals surface area contributed by atoms with E-state index in [0.717, 1.165) is 32.4 Å². The van der Waals surface area contributed by atoms with Gasteiger partial charge in [-0.25, -0.2) is 0 Å². The van der Waals surface area contributed by atoms with Crippen LogP contribution in [0.25, 0.3) is 0 Å². The minimum atomic E-state index is 0.223. The lowest BCUT2D eigenvalue weighted by molar-refractivity contribution is -0.132. The molecule has 1 aliphatic heterocycles. The van der Waals surface area contributed by atoms with Gasteiger partial charge >= 0.3 is 0 Å². The van der Waals surface area contributed by atoms with E-state index in [0.29, 0.717) is 12.5 Å². The summed E-state index contributed by atoms with van der Waals surface area (Å²) in [6.07, 6.45) is 5.16. The normalized spacial score (nSPS) is 19.0. The first-order valence-corrected chi connectivity index (χ1v) is 6.95. The number of hydrogen-bond acceptors (Lipinski definition) is 3. The molecular weight excluding hydrogens is 226 g/mol. The van der Waals surface area contributed by atoms with E-state index in [9.17, 15) is 4.79 Å². The van der Waals surface area contributed by atoms with Gasteiger partial charge in [-0.3, -0.25) is 4.79 Å². The number of carbonyl (C=O) groups excluding carboxylic acids is 1. The van der Waals surface area contributed by atoms with Crippen molar-refractivity contribution < 1.29 is 4.79 Å². The molecule has 0 radical (unpaired) electrons. The highest BCUT2D eigenvalue weighted by atomic mass is 16.2. The number of rotatable bonds is 6. The van der Waals surface area contributed by atoms with Gasteiger partial charge in [0.05, 0.1) is 0 Å². The maximum Gasteiger partial charge on any atom is 0.222 e. The molecule has 4 nitrogen and oxygen atoms in total. The standard InChI is InChI=1S/C14H27N3O/c1-4-13(16-11(2)3)5-6-14(18)17-9-7-12(15)8-10-17/h4,11-13,16H,1,5-10,15H2,2-3H3. The van der Waals surface area contributed by atoms with Crippen LogP contribution in [-0.4, -0.2) is 42.0 Å². The monoisotopic (exact) mass is 253 g/mol. The maximum atomic E-state index is 12.0. The van der Waals surface area contributed by atoms with E-state index in [2.05, 4.69) is 25.7 Å². The third-order valence-electron chi connectivity index (χ3n) is 3.39. The van der Waals surface area contributed by atoms with Crippen LogP contribution in [-0.2, 0) is 4.79 Å². The number of carbonyl (C=O) groups is 1. The number of piperidine rings is 1. The lowest BCUT2D eigenvalue weighted by atomic mass is 10.0. The van der Waals surface area contributed by atoms with Crippen LogP contribution in [0.2, 0.25) is 0 Å². The van der Waals surface area contributed by atoms with Gasteiger partial charge in [0.2, 0.25) is 5.91 Å². The number of likely N-dealkylation sites (tertiary alicyclic amines) is 1. The molecule has 1 rings (SSSR count). The molecule has 0 aliphatic carbocycles. The predicted octanol–water partition coefficient (Wildman–Crippen LogP) is 1.27. The fourth-order valence-corrected chi connectivity index (χ4v) is 2.28. The molecule has 0 aromatic rings. The number of amides is 1. The Morgan fingerprint density at radius 1 is 1.50 bits per heavy atom. The van der Waals surface area contributed by atoms with Crippen molar-refractivity contribution in [1.82, 2.24) is 10.2 Å². The topological polar surface area (TPSA) is 58.4 Å². The summed E-state index contributed by atoms with van der Waals surface area (Å²) in [5.74, 6) is 0.249. The summed E-state index contributed by atoms with van der Waals surface area (Å²) in [5, 5.41) is 3.39.